The van der Waals surface area contributed by atoms with E-state index in [9.17, 15) is 22.0 Å². The molecule has 2 saturated heterocycles. The molecule has 2 atom stereocenters. The summed E-state index contributed by atoms with van der Waals surface area (Å²) in [6, 6.07) is 8.16. The molecule has 0 saturated carbocycles. The van der Waals surface area contributed by atoms with Crippen molar-refractivity contribution in [2.45, 2.75) is 18.6 Å². The molecule has 0 unspecified atom stereocenters. The number of hydrogen-bond donors (Lipinski definition) is 2. The normalized spacial score (nSPS) is 23.2. The molecule has 2 N–H and O–H groups in total. The number of nitrogens with zero attached hydrogens (tertiary/aromatic N) is 2. The van der Waals surface area contributed by atoms with Gasteiger partial charge in [-0.2, -0.15) is 17.0 Å². The van der Waals surface area contributed by atoms with Gasteiger partial charge in [-0.05, 0) is 30.3 Å². The maximum absolute atomic E-state index is 14.0. The second-order valence-corrected chi connectivity index (χ2v) is 9.24. The fourth-order valence-corrected chi connectivity index (χ4v) is 5.27. The number of fused-ring (bicyclic) bond motifs is 1. The Morgan fingerprint density at radius 3 is 2.43 bits per heavy atom. The summed E-state index contributed by atoms with van der Waals surface area (Å²) in [4.78, 5) is 12.1. The highest BCUT2D eigenvalue weighted by Gasteiger charge is 2.48. The van der Waals surface area contributed by atoms with Crippen LogP contribution in [-0.2, 0) is 10.2 Å². The first-order valence-corrected chi connectivity index (χ1v) is 10.6. The number of urea groups is 1. The van der Waals surface area contributed by atoms with Gasteiger partial charge in [0.05, 0.1) is 6.54 Å². The largest absolute Gasteiger partial charge is 0.489 e. The molecule has 4 rings (SSSR count). The summed E-state index contributed by atoms with van der Waals surface area (Å²) in [7, 11) is -1.94. The van der Waals surface area contributed by atoms with Crippen LogP contribution in [0.15, 0.2) is 42.5 Å². The van der Waals surface area contributed by atoms with Crippen LogP contribution < -0.4 is 15.4 Å². The molecule has 0 bridgehead atoms. The van der Waals surface area contributed by atoms with Gasteiger partial charge in [-0.3, -0.25) is 0 Å². The summed E-state index contributed by atoms with van der Waals surface area (Å²) in [6.45, 7) is 0.573. The topological polar surface area (TPSA) is 91.0 Å². The van der Waals surface area contributed by atoms with Gasteiger partial charge in [0.25, 0.3) is 10.2 Å². The predicted octanol–water partition coefficient (Wildman–Crippen LogP) is 2.62. The molecule has 8 nitrogen and oxygen atoms in total. The summed E-state index contributed by atoms with van der Waals surface area (Å²) < 4.78 is 59.9. The van der Waals surface area contributed by atoms with Crippen molar-refractivity contribution in [3.05, 3.63) is 54.1 Å². The Hall–Kier alpha value is -2.76. The molecule has 160 valence electrons. The lowest BCUT2D eigenvalue weighted by Crippen LogP contribution is -2.34. The van der Waals surface area contributed by atoms with Gasteiger partial charge in [-0.25, -0.2) is 13.6 Å². The van der Waals surface area contributed by atoms with Crippen molar-refractivity contribution in [2.75, 3.05) is 30.8 Å². The van der Waals surface area contributed by atoms with Crippen molar-refractivity contribution in [3.8, 4) is 5.75 Å². The first-order valence-electron chi connectivity index (χ1n) is 9.24. The van der Waals surface area contributed by atoms with Crippen LogP contribution in [0.25, 0.3) is 0 Å². The lowest BCUT2D eigenvalue weighted by molar-refractivity contribution is 0.211. The highest BCUT2D eigenvalue weighted by atomic mass is 32.2. The number of nitrogens with one attached hydrogen (secondary N) is 2. The number of carbonyl (C=O) groups is 1. The minimum atomic E-state index is -3.47. The van der Waals surface area contributed by atoms with E-state index in [0.29, 0.717) is 18.7 Å². The second-order valence-electron chi connectivity index (χ2n) is 7.25. The molecule has 30 heavy (non-hydrogen) atoms. The zero-order valence-corrected chi connectivity index (χ0v) is 16.8. The third-order valence-corrected chi connectivity index (χ3v) is 6.99. The average Bonchev–Trinajstić information content (AvgIpc) is 3.14. The van der Waals surface area contributed by atoms with Gasteiger partial charge in [-0.1, -0.05) is 0 Å². The van der Waals surface area contributed by atoms with Gasteiger partial charge in [0.1, 0.15) is 23.5 Å². The molecule has 0 aliphatic carbocycles. The molecule has 0 radical (unpaired) electrons. The number of likely N-dealkylation sites (N-methyl/N-ethyl adjacent to an activating group) is 1. The maximum Gasteiger partial charge on any atom is 0.323 e. The Kier molecular flexibility index (Phi) is 5.35. The Bertz CT molecular complexity index is 1060. The van der Waals surface area contributed by atoms with Crippen molar-refractivity contribution in [1.29, 1.82) is 0 Å². The highest BCUT2D eigenvalue weighted by Crippen LogP contribution is 2.32. The summed E-state index contributed by atoms with van der Waals surface area (Å²) in [6.07, 6.45) is 0.0784. The summed E-state index contributed by atoms with van der Waals surface area (Å²) in [5.74, 6) is -0.862. The molecule has 11 heteroatoms. The monoisotopic (exact) mass is 438 g/mol. The van der Waals surface area contributed by atoms with Crippen molar-refractivity contribution < 1.29 is 26.7 Å². The van der Waals surface area contributed by atoms with Crippen molar-refractivity contribution in [1.82, 2.24) is 8.61 Å². The van der Waals surface area contributed by atoms with Crippen LogP contribution in [0.4, 0.5) is 25.0 Å². The van der Waals surface area contributed by atoms with Crippen LogP contribution >= 0.6 is 0 Å². The predicted molar refractivity (Wildman–Crippen MR) is 107 cm³/mol. The number of halogens is 2. The van der Waals surface area contributed by atoms with E-state index in [1.807, 2.05) is 0 Å². The first kappa shape index (κ1) is 20.5. The zero-order valence-electron chi connectivity index (χ0n) is 16.0. The van der Waals surface area contributed by atoms with E-state index in [0.717, 1.165) is 6.07 Å². The summed E-state index contributed by atoms with van der Waals surface area (Å²) >= 11 is 0. The summed E-state index contributed by atoms with van der Waals surface area (Å²) in [5.41, 5.74) is 0.537. The lowest BCUT2D eigenvalue weighted by atomic mass is 10.2. The Morgan fingerprint density at radius 1 is 1.03 bits per heavy atom. The van der Waals surface area contributed by atoms with Crippen LogP contribution in [0, 0.1) is 11.6 Å². The molecule has 2 aliphatic rings. The first-order chi connectivity index (χ1) is 14.2. The smallest absolute Gasteiger partial charge is 0.323 e. The molecule has 2 amide bonds. The number of rotatable bonds is 4. The molecular formula is C19H20F2N4O4S. The fourth-order valence-electron chi connectivity index (χ4n) is 3.67. The zero-order chi connectivity index (χ0) is 21.5. The van der Waals surface area contributed by atoms with Gasteiger partial charge in [-0.15, -0.1) is 0 Å². The van der Waals surface area contributed by atoms with Crippen molar-refractivity contribution >= 4 is 27.6 Å². The van der Waals surface area contributed by atoms with Crippen LogP contribution in [0.5, 0.6) is 5.75 Å². The minimum Gasteiger partial charge on any atom is -0.489 e. The number of amides is 2. The lowest BCUT2D eigenvalue weighted by Gasteiger charge is -2.18. The molecule has 0 aromatic heterocycles. The molecular weight excluding hydrogens is 418 g/mol. The summed E-state index contributed by atoms with van der Waals surface area (Å²) in [5, 5.41) is 5.00. The molecule has 2 aliphatic heterocycles. The molecule has 0 spiro atoms. The van der Waals surface area contributed by atoms with Gasteiger partial charge >= 0.3 is 6.03 Å². The number of ether oxygens (including phenoxy) is 1. The molecule has 2 fully saturated rings. The van der Waals surface area contributed by atoms with Crippen molar-refractivity contribution in [2.24, 2.45) is 0 Å². The third-order valence-electron chi connectivity index (χ3n) is 5.02. The van der Waals surface area contributed by atoms with Gasteiger partial charge in [0, 0.05) is 49.6 Å². The number of carbonyl (C=O) groups excluding carboxylic acids is 1. The third kappa shape index (κ3) is 4.23. The maximum atomic E-state index is 14.0. The number of benzene rings is 2. The molecule has 2 aromatic carbocycles. The average molecular weight is 438 g/mol. The highest BCUT2D eigenvalue weighted by molar-refractivity contribution is 7.87. The number of anilines is 2. The second kappa shape index (κ2) is 7.82. The van der Waals surface area contributed by atoms with Gasteiger partial charge < -0.3 is 15.4 Å². The van der Waals surface area contributed by atoms with Gasteiger partial charge in [0.15, 0.2) is 0 Å². The number of hydrogen-bond acceptors (Lipinski definition) is 4. The Labute approximate surface area is 172 Å². The van der Waals surface area contributed by atoms with E-state index in [4.69, 9.17) is 4.74 Å². The Morgan fingerprint density at radius 2 is 1.73 bits per heavy atom. The van der Waals surface area contributed by atoms with Crippen LogP contribution in [0.3, 0.4) is 0 Å². The molecule has 2 heterocycles. The fraction of sp³-hybridized carbons (Fsp3) is 0.316. The van der Waals surface area contributed by atoms with Crippen LogP contribution in [0.1, 0.15) is 6.42 Å². The quantitative estimate of drug-likeness (QED) is 0.768. The molecule has 2 aromatic rings. The van der Waals surface area contributed by atoms with Crippen LogP contribution in [-0.4, -0.2) is 55.3 Å². The standard InChI is InChI=1S/C19H20F2N4O4S/c1-24-10-16-9-18(11-25(16)30(24,27)28)29-17-7-13(21)6-15(8-17)23-19(26)22-14-4-2-12(20)3-5-14/h2-8,16,18H,9-11H2,1H3,(H2,22,23,26)/t16-,18+/m0/s1. The van der Waals surface area contributed by atoms with Gasteiger partial charge in [0.2, 0.25) is 0 Å². The van der Waals surface area contributed by atoms with E-state index in [2.05, 4.69) is 10.6 Å². The van der Waals surface area contributed by atoms with E-state index < -0.39 is 34.0 Å². The van der Waals surface area contributed by atoms with Crippen LogP contribution in [0.2, 0.25) is 0 Å². The Balaban J connectivity index is 1.40. The van der Waals surface area contributed by atoms with E-state index in [1.165, 1.54) is 52.1 Å². The minimum absolute atomic E-state index is 0.162. The van der Waals surface area contributed by atoms with E-state index in [-0.39, 0.29) is 24.0 Å². The van der Waals surface area contributed by atoms with Crippen molar-refractivity contribution in [3.63, 3.8) is 0 Å². The van der Waals surface area contributed by atoms with E-state index >= 15 is 0 Å². The van der Waals surface area contributed by atoms with E-state index in [1.54, 1.807) is 0 Å². The SMILES string of the molecule is CN1C[C@@H]2C[C@@H](Oc3cc(F)cc(NC(=O)Nc4ccc(F)cc4)c3)CN2S1(=O)=O.